The summed E-state index contributed by atoms with van der Waals surface area (Å²) in [4.78, 5) is 21.0. The van der Waals surface area contributed by atoms with Gasteiger partial charge in [-0.1, -0.05) is 0 Å². The van der Waals surface area contributed by atoms with E-state index in [1.54, 1.807) is 11.3 Å². The first-order valence-corrected chi connectivity index (χ1v) is 6.95. The Morgan fingerprint density at radius 3 is 3.06 bits per heavy atom. The molecule has 1 aromatic heterocycles. The summed E-state index contributed by atoms with van der Waals surface area (Å²) in [6.45, 7) is 4.99. The predicted molar refractivity (Wildman–Crippen MR) is 67.3 cm³/mol. The minimum absolute atomic E-state index is 0.122. The van der Waals surface area contributed by atoms with Gasteiger partial charge in [0.1, 0.15) is 5.69 Å². The second-order valence-electron chi connectivity index (χ2n) is 5.09. The number of hydrogen-bond donors (Lipinski definition) is 0. The molecule has 4 nitrogen and oxygen atoms in total. The zero-order valence-electron chi connectivity index (χ0n) is 10.2. The van der Waals surface area contributed by atoms with Crippen molar-refractivity contribution in [3.8, 4) is 0 Å². The molecule has 0 radical (unpaired) electrons. The zero-order valence-corrected chi connectivity index (χ0v) is 11.0. The molecule has 2 saturated heterocycles. The van der Waals surface area contributed by atoms with Gasteiger partial charge in [-0.25, -0.2) is 4.98 Å². The maximum atomic E-state index is 12.4. The molecule has 0 bridgehead atoms. The van der Waals surface area contributed by atoms with Gasteiger partial charge in [-0.15, -0.1) is 11.3 Å². The minimum atomic E-state index is 0.122. The lowest BCUT2D eigenvalue weighted by Crippen LogP contribution is -2.39. The number of amides is 1. The number of aromatic nitrogens is 1. The minimum Gasteiger partial charge on any atom is -0.333 e. The van der Waals surface area contributed by atoms with Crippen LogP contribution in [0.2, 0.25) is 0 Å². The van der Waals surface area contributed by atoms with Crippen molar-refractivity contribution in [3.05, 3.63) is 16.1 Å². The van der Waals surface area contributed by atoms with Crippen LogP contribution in [-0.4, -0.2) is 53.4 Å². The number of thiazole rings is 1. The van der Waals surface area contributed by atoms with E-state index in [2.05, 4.69) is 16.9 Å². The first-order valence-electron chi connectivity index (χ1n) is 6.07. The van der Waals surface area contributed by atoms with Gasteiger partial charge in [-0.2, -0.15) is 0 Å². The number of likely N-dealkylation sites (tertiary alicyclic amines) is 2. The first kappa shape index (κ1) is 11.2. The Labute approximate surface area is 105 Å². The van der Waals surface area contributed by atoms with Gasteiger partial charge in [-0.05, 0) is 26.3 Å². The number of hydrogen-bond acceptors (Lipinski definition) is 4. The molecule has 3 rings (SSSR count). The lowest BCUT2D eigenvalue weighted by atomic mass is 10.1. The number of carbonyl (C=O) groups is 1. The molecule has 3 heterocycles. The molecule has 0 aliphatic carbocycles. The summed E-state index contributed by atoms with van der Waals surface area (Å²) >= 11 is 1.55. The molecule has 17 heavy (non-hydrogen) atoms. The van der Waals surface area contributed by atoms with Crippen LogP contribution in [-0.2, 0) is 0 Å². The van der Waals surface area contributed by atoms with Gasteiger partial charge in [0.2, 0.25) is 0 Å². The van der Waals surface area contributed by atoms with Gasteiger partial charge in [0.25, 0.3) is 5.91 Å². The second-order valence-corrected chi connectivity index (χ2v) is 6.15. The van der Waals surface area contributed by atoms with E-state index < -0.39 is 0 Å². The number of nitrogens with zero attached hydrogens (tertiary/aromatic N) is 3. The Bertz CT molecular complexity index is 445. The van der Waals surface area contributed by atoms with Crippen LogP contribution in [0.1, 0.15) is 21.9 Å². The normalized spacial score (nSPS) is 28.7. The highest BCUT2D eigenvalue weighted by molar-refractivity contribution is 7.09. The number of fused-ring (bicyclic) bond motifs is 1. The highest BCUT2D eigenvalue weighted by atomic mass is 32.1. The van der Waals surface area contributed by atoms with E-state index in [0.29, 0.717) is 17.7 Å². The lowest BCUT2D eigenvalue weighted by molar-refractivity contribution is 0.0724. The van der Waals surface area contributed by atoms with E-state index in [0.717, 1.165) is 31.1 Å². The summed E-state index contributed by atoms with van der Waals surface area (Å²) in [6, 6.07) is 0.412. The molecule has 2 fully saturated rings. The Kier molecular flexibility index (Phi) is 2.67. The van der Waals surface area contributed by atoms with E-state index in [-0.39, 0.29) is 5.91 Å². The molecule has 0 aromatic carbocycles. The van der Waals surface area contributed by atoms with Crippen molar-refractivity contribution in [1.29, 1.82) is 0 Å². The van der Waals surface area contributed by atoms with Crippen LogP contribution < -0.4 is 0 Å². The summed E-state index contributed by atoms with van der Waals surface area (Å²) in [5, 5.41) is 2.84. The predicted octanol–water partition coefficient (Wildman–Crippen LogP) is 1.23. The summed E-state index contributed by atoms with van der Waals surface area (Å²) < 4.78 is 0. The van der Waals surface area contributed by atoms with Crippen LogP contribution in [0, 0.1) is 12.8 Å². The molecule has 92 valence electrons. The summed E-state index contributed by atoms with van der Waals surface area (Å²) in [5.74, 6) is 0.792. The number of carbonyl (C=O) groups excluding carboxylic acids is 1. The van der Waals surface area contributed by atoms with Crippen LogP contribution in [0.15, 0.2) is 5.38 Å². The summed E-state index contributed by atoms with van der Waals surface area (Å²) in [7, 11) is 2.13. The van der Waals surface area contributed by atoms with Crippen LogP contribution in [0.4, 0.5) is 0 Å². The standard InChI is InChI=1S/C12H17N3OS/c1-8-13-10(7-17-8)12(16)15-4-3-9-5-14(2)6-11(9)15/h7,9,11H,3-6H2,1-2H3/t9-,11+/m0/s1. The van der Waals surface area contributed by atoms with Gasteiger partial charge in [0, 0.05) is 31.1 Å². The molecule has 2 aliphatic heterocycles. The molecule has 2 atom stereocenters. The van der Waals surface area contributed by atoms with Crippen molar-refractivity contribution < 1.29 is 4.79 Å². The number of likely N-dealkylation sites (N-methyl/N-ethyl adjacent to an activating group) is 1. The maximum Gasteiger partial charge on any atom is 0.273 e. The Morgan fingerprint density at radius 1 is 1.53 bits per heavy atom. The topological polar surface area (TPSA) is 36.4 Å². The molecular formula is C12H17N3OS. The molecule has 0 saturated carbocycles. The fourth-order valence-corrected chi connectivity index (χ4v) is 3.62. The Hall–Kier alpha value is -0.940. The maximum absolute atomic E-state index is 12.4. The smallest absolute Gasteiger partial charge is 0.273 e. The molecule has 1 amide bonds. The van der Waals surface area contributed by atoms with E-state index in [9.17, 15) is 4.79 Å². The fourth-order valence-electron chi connectivity index (χ4n) is 3.03. The second kappa shape index (κ2) is 4.07. The molecule has 0 unspecified atom stereocenters. The SMILES string of the molecule is Cc1nc(C(=O)N2CC[C@H]3CN(C)C[C@H]32)cs1. The molecule has 1 aromatic rings. The van der Waals surface area contributed by atoms with Crippen molar-refractivity contribution >= 4 is 17.2 Å². The van der Waals surface area contributed by atoms with Crippen LogP contribution >= 0.6 is 11.3 Å². The summed E-state index contributed by atoms with van der Waals surface area (Å²) in [6.07, 6.45) is 1.14. The first-order chi connectivity index (χ1) is 8.15. The van der Waals surface area contributed by atoms with Gasteiger partial charge >= 0.3 is 0 Å². The lowest BCUT2D eigenvalue weighted by Gasteiger charge is -2.23. The van der Waals surface area contributed by atoms with E-state index in [1.807, 2.05) is 17.2 Å². The van der Waals surface area contributed by atoms with Crippen molar-refractivity contribution in [2.45, 2.75) is 19.4 Å². The zero-order chi connectivity index (χ0) is 12.0. The van der Waals surface area contributed by atoms with Gasteiger partial charge in [-0.3, -0.25) is 4.79 Å². The summed E-state index contributed by atoms with van der Waals surface area (Å²) in [5.41, 5.74) is 0.628. The molecule has 0 spiro atoms. The third kappa shape index (κ3) is 1.87. The average molecular weight is 251 g/mol. The molecule has 2 aliphatic rings. The van der Waals surface area contributed by atoms with E-state index in [1.165, 1.54) is 0 Å². The fraction of sp³-hybridized carbons (Fsp3) is 0.667. The largest absolute Gasteiger partial charge is 0.333 e. The third-order valence-corrected chi connectivity index (χ3v) is 4.60. The monoisotopic (exact) mass is 251 g/mol. The van der Waals surface area contributed by atoms with Crippen LogP contribution in [0.25, 0.3) is 0 Å². The van der Waals surface area contributed by atoms with Crippen molar-refractivity contribution in [2.24, 2.45) is 5.92 Å². The highest BCUT2D eigenvalue weighted by Gasteiger charge is 2.42. The molecule has 0 N–H and O–H groups in total. The Balaban J connectivity index is 1.79. The van der Waals surface area contributed by atoms with Gasteiger partial charge in [0.05, 0.1) is 5.01 Å². The van der Waals surface area contributed by atoms with Gasteiger partial charge < -0.3 is 9.80 Å². The Morgan fingerprint density at radius 2 is 2.35 bits per heavy atom. The third-order valence-electron chi connectivity index (χ3n) is 3.83. The van der Waals surface area contributed by atoms with E-state index >= 15 is 0 Å². The average Bonchev–Trinajstić information content (AvgIpc) is 2.92. The van der Waals surface area contributed by atoms with Crippen LogP contribution in [0.3, 0.4) is 0 Å². The van der Waals surface area contributed by atoms with Crippen molar-refractivity contribution in [1.82, 2.24) is 14.8 Å². The van der Waals surface area contributed by atoms with E-state index in [4.69, 9.17) is 0 Å². The van der Waals surface area contributed by atoms with Crippen LogP contribution in [0.5, 0.6) is 0 Å². The van der Waals surface area contributed by atoms with Crippen molar-refractivity contribution in [2.75, 3.05) is 26.7 Å². The van der Waals surface area contributed by atoms with Crippen molar-refractivity contribution in [3.63, 3.8) is 0 Å². The molecule has 5 heteroatoms. The quantitative estimate of drug-likeness (QED) is 0.753. The number of aryl methyl sites for hydroxylation is 1. The van der Waals surface area contributed by atoms with Gasteiger partial charge in [0.15, 0.2) is 0 Å². The number of rotatable bonds is 1. The highest BCUT2D eigenvalue weighted by Crippen LogP contribution is 2.31. The molecular weight excluding hydrogens is 234 g/mol.